The van der Waals surface area contributed by atoms with Gasteiger partial charge in [0.05, 0.1) is 5.56 Å². The zero-order chi connectivity index (χ0) is 20.6. The van der Waals surface area contributed by atoms with Gasteiger partial charge in [-0.25, -0.2) is 9.59 Å². The highest BCUT2D eigenvalue weighted by atomic mass is 16.6. The predicted octanol–water partition coefficient (Wildman–Crippen LogP) is 3.45. The summed E-state index contributed by atoms with van der Waals surface area (Å²) in [5.41, 5.74) is -0.151. The molecule has 1 aromatic heterocycles. The zero-order valence-electron chi connectivity index (χ0n) is 16.4. The number of carbonyl (C=O) groups is 2. The molecule has 0 spiro atoms. The van der Waals surface area contributed by atoms with Gasteiger partial charge in [0, 0.05) is 24.5 Å². The smallest absolute Gasteiger partial charge is 0.336 e. The van der Waals surface area contributed by atoms with Crippen LogP contribution in [-0.2, 0) is 19.1 Å². The average Bonchev–Trinajstić information content (AvgIpc) is 2.92. The summed E-state index contributed by atoms with van der Waals surface area (Å²) in [6, 6.07) is 6.40. The first-order valence-electron chi connectivity index (χ1n) is 8.87. The van der Waals surface area contributed by atoms with Gasteiger partial charge in [-0.05, 0) is 45.9 Å². The van der Waals surface area contributed by atoms with Crippen molar-refractivity contribution >= 4 is 22.9 Å². The summed E-state index contributed by atoms with van der Waals surface area (Å²) in [5.74, 6) is -0.655. The van der Waals surface area contributed by atoms with E-state index in [1.54, 1.807) is 45.9 Å². The van der Waals surface area contributed by atoms with Crippen molar-refractivity contribution in [2.24, 2.45) is 0 Å². The maximum atomic E-state index is 12.4. The third-order valence-corrected chi connectivity index (χ3v) is 4.34. The fourth-order valence-corrected chi connectivity index (χ4v) is 3.31. The van der Waals surface area contributed by atoms with E-state index in [4.69, 9.17) is 18.6 Å². The van der Waals surface area contributed by atoms with Crippen molar-refractivity contribution in [2.75, 3.05) is 0 Å². The number of rotatable bonds is 4. The Balaban J connectivity index is 2.14. The molecular formula is C21H22O7. The summed E-state index contributed by atoms with van der Waals surface area (Å²) in [6.07, 6.45) is -0.395. The van der Waals surface area contributed by atoms with Crippen molar-refractivity contribution in [3.63, 3.8) is 0 Å². The molecule has 0 saturated carbocycles. The van der Waals surface area contributed by atoms with E-state index in [0.717, 1.165) is 5.57 Å². The van der Waals surface area contributed by atoms with Crippen LogP contribution in [0.4, 0.5) is 0 Å². The van der Waals surface area contributed by atoms with E-state index in [9.17, 15) is 14.4 Å². The fraction of sp³-hybridized carbons (Fsp3) is 0.381. The molecule has 2 aromatic rings. The first-order chi connectivity index (χ1) is 13.1. The molecule has 0 saturated heterocycles. The normalized spacial score (nSPS) is 18.2. The summed E-state index contributed by atoms with van der Waals surface area (Å²) in [4.78, 5) is 35.7. The monoisotopic (exact) mass is 386 g/mol. The molecule has 148 valence electrons. The molecule has 0 unspecified atom stereocenters. The maximum Gasteiger partial charge on any atom is 0.336 e. The lowest BCUT2D eigenvalue weighted by Crippen LogP contribution is -2.46. The van der Waals surface area contributed by atoms with Gasteiger partial charge >= 0.3 is 17.6 Å². The second-order valence-electron chi connectivity index (χ2n) is 7.46. The van der Waals surface area contributed by atoms with Crippen molar-refractivity contribution in [1.29, 1.82) is 0 Å². The molecule has 7 heteroatoms. The number of carbonyl (C=O) groups excluding carboxylic acids is 2. The molecule has 1 aromatic carbocycles. The molecule has 0 bridgehead atoms. The number of fused-ring (bicyclic) bond motifs is 3. The van der Waals surface area contributed by atoms with Crippen molar-refractivity contribution in [3.8, 4) is 5.75 Å². The lowest BCUT2D eigenvalue weighted by molar-refractivity contribution is -0.173. The maximum absolute atomic E-state index is 12.4. The van der Waals surface area contributed by atoms with Gasteiger partial charge in [-0.2, -0.15) is 0 Å². The van der Waals surface area contributed by atoms with Crippen LogP contribution in [0.25, 0.3) is 11.0 Å². The average molecular weight is 386 g/mol. The van der Waals surface area contributed by atoms with Crippen LogP contribution in [-0.4, -0.2) is 23.6 Å². The summed E-state index contributed by atoms with van der Waals surface area (Å²) >= 11 is 0. The third-order valence-electron chi connectivity index (χ3n) is 4.34. The Morgan fingerprint density at radius 3 is 2.43 bits per heavy atom. The summed E-state index contributed by atoms with van der Waals surface area (Å²) < 4.78 is 22.5. The number of esters is 2. The lowest BCUT2D eigenvalue weighted by atomic mass is 9.93. The van der Waals surface area contributed by atoms with E-state index >= 15 is 0 Å². The Kier molecular flexibility index (Phi) is 5.02. The van der Waals surface area contributed by atoms with E-state index in [-0.39, 0.29) is 5.58 Å². The van der Waals surface area contributed by atoms with Gasteiger partial charge in [-0.3, -0.25) is 4.79 Å². The van der Waals surface area contributed by atoms with Gasteiger partial charge in [0.15, 0.2) is 12.2 Å². The molecule has 1 aliphatic rings. The van der Waals surface area contributed by atoms with E-state index in [0.29, 0.717) is 16.7 Å². The number of ether oxygens (including phenoxy) is 3. The van der Waals surface area contributed by atoms with Crippen LogP contribution in [0.1, 0.15) is 46.3 Å². The van der Waals surface area contributed by atoms with Gasteiger partial charge in [0.1, 0.15) is 16.9 Å². The Bertz CT molecular complexity index is 1020. The molecule has 3 rings (SSSR count). The van der Waals surface area contributed by atoms with Crippen LogP contribution in [0.5, 0.6) is 5.75 Å². The topological polar surface area (TPSA) is 92.0 Å². The van der Waals surface area contributed by atoms with Crippen LogP contribution >= 0.6 is 0 Å². The molecule has 7 nitrogen and oxygen atoms in total. The second-order valence-corrected chi connectivity index (χ2v) is 7.46. The molecule has 0 amide bonds. The summed E-state index contributed by atoms with van der Waals surface area (Å²) in [7, 11) is 0. The zero-order valence-corrected chi connectivity index (χ0v) is 16.4. The highest BCUT2D eigenvalue weighted by Gasteiger charge is 2.49. The van der Waals surface area contributed by atoms with Crippen LogP contribution in [0.2, 0.25) is 0 Å². The van der Waals surface area contributed by atoms with E-state index < -0.39 is 35.4 Å². The van der Waals surface area contributed by atoms with E-state index in [2.05, 4.69) is 0 Å². The quantitative estimate of drug-likeness (QED) is 0.451. The summed E-state index contributed by atoms with van der Waals surface area (Å²) in [5, 5.41) is 0.663. The van der Waals surface area contributed by atoms with Crippen molar-refractivity contribution in [3.05, 3.63) is 51.9 Å². The minimum absolute atomic E-state index is 0.279. The molecular weight excluding hydrogens is 364 g/mol. The van der Waals surface area contributed by atoms with Crippen LogP contribution in [0.3, 0.4) is 0 Å². The Morgan fingerprint density at radius 1 is 1.11 bits per heavy atom. The largest absolute Gasteiger partial charge is 0.481 e. The Morgan fingerprint density at radius 2 is 1.79 bits per heavy atom. The number of allylic oxidation sites excluding steroid dienone is 1. The number of benzene rings is 1. The SMILES string of the molecule is CC(=O)OC(C)(C)[C@H]1Oc2ccc3ccc(=O)oc3c2[C@@H]1OC(=O)C=C(C)C. The van der Waals surface area contributed by atoms with Gasteiger partial charge in [-0.1, -0.05) is 5.57 Å². The number of hydrogen-bond donors (Lipinski definition) is 0. The molecule has 0 radical (unpaired) electrons. The highest BCUT2D eigenvalue weighted by Crippen LogP contribution is 2.47. The van der Waals surface area contributed by atoms with Gasteiger partial charge in [-0.15, -0.1) is 0 Å². The Labute approximate surface area is 161 Å². The minimum Gasteiger partial charge on any atom is -0.481 e. The molecule has 2 heterocycles. The van der Waals surface area contributed by atoms with Crippen LogP contribution in [0.15, 0.2) is 45.1 Å². The Hall–Kier alpha value is -3.09. The molecule has 1 aliphatic heterocycles. The van der Waals surface area contributed by atoms with Crippen molar-refractivity contribution < 1.29 is 28.2 Å². The predicted molar refractivity (Wildman–Crippen MR) is 101 cm³/mol. The molecule has 2 atom stereocenters. The molecule has 0 fully saturated rings. The van der Waals surface area contributed by atoms with E-state index in [1.165, 1.54) is 19.1 Å². The summed E-state index contributed by atoms with van der Waals surface area (Å²) in [6.45, 7) is 8.18. The van der Waals surface area contributed by atoms with Crippen molar-refractivity contribution in [2.45, 2.75) is 52.4 Å². The lowest BCUT2D eigenvalue weighted by Gasteiger charge is -2.33. The number of hydrogen-bond acceptors (Lipinski definition) is 7. The minimum atomic E-state index is -1.11. The van der Waals surface area contributed by atoms with Gasteiger partial charge < -0.3 is 18.6 Å². The first kappa shape index (κ1) is 19.7. The van der Waals surface area contributed by atoms with Crippen LogP contribution in [0, 0.1) is 0 Å². The van der Waals surface area contributed by atoms with Gasteiger partial charge in [0.2, 0.25) is 0 Å². The molecule has 0 aliphatic carbocycles. The van der Waals surface area contributed by atoms with Gasteiger partial charge in [0.25, 0.3) is 0 Å². The second kappa shape index (κ2) is 7.14. The fourth-order valence-electron chi connectivity index (χ4n) is 3.31. The van der Waals surface area contributed by atoms with E-state index in [1.807, 2.05) is 0 Å². The first-order valence-corrected chi connectivity index (χ1v) is 8.87. The van der Waals surface area contributed by atoms with Crippen molar-refractivity contribution in [1.82, 2.24) is 0 Å². The third kappa shape index (κ3) is 3.78. The standard InChI is InChI=1S/C21H22O7/c1-11(2)10-16(24)27-19-17-14(25-20(19)21(4,5)28-12(3)22)8-6-13-7-9-15(23)26-18(13)17/h6-10,19-20H,1-5H3/t19-,20-/m0/s1. The van der Waals surface area contributed by atoms with Crippen LogP contribution < -0.4 is 10.4 Å². The molecule has 0 N–H and O–H groups in total. The molecule has 28 heavy (non-hydrogen) atoms. The highest BCUT2D eigenvalue weighted by molar-refractivity contribution is 5.86.